The number of sulfonamides is 1. The van der Waals surface area contributed by atoms with Crippen LogP contribution in [0.3, 0.4) is 0 Å². The zero-order valence-electron chi connectivity index (χ0n) is 13.8. The molecule has 0 bridgehead atoms. The van der Waals surface area contributed by atoms with Gasteiger partial charge in [-0.15, -0.1) is 0 Å². The van der Waals surface area contributed by atoms with Gasteiger partial charge in [-0.1, -0.05) is 0 Å². The number of piperidine rings is 1. The first-order valence-corrected chi connectivity index (χ1v) is 10.1. The van der Waals surface area contributed by atoms with Crippen LogP contribution in [0.1, 0.15) is 26.2 Å². The molecule has 3 fully saturated rings. The highest BCUT2D eigenvalue weighted by Crippen LogP contribution is 2.38. The number of nitrogens with zero attached hydrogens (tertiary/aromatic N) is 3. The van der Waals surface area contributed by atoms with E-state index in [2.05, 4.69) is 16.8 Å². The largest absolute Gasteiger partial charge is 0.373 e. The van der Waals surface area contributed by atoms with Crippen LogP contribution in [-0.2, 0) is 14.8 Å². The molecule has 0 radical (unpaired) electrons. The third-order valence-electron chi connectivity index (χ3n) is 5.64. The van der Waals surface area contributed by atoms with Crippen LogP contribution in [-0.4, -0.2) is 92.8 Å². The minimum absolute atomic E-state index is 0.0756. The Hall–Kier alpha value is -0.210. The average Bonchev–Trinajstić information content (AvgIpc) is 2.92. The summed E-state index contributed by atoms with van der Waals surface area (Å²) in [7, 11) is -0.871. The Kier molecular flexibility index (Phi) is 4.81. The van der Waals surface area contributed by atoms with E-state index in [-0.39, 0.29) is 11.4 Å². The second-order valence-corrected chi connectivity index (χ2v) is 9.25. The number of rotatable bonds is 3. The monoisotopic (exact) mass is 331 g/mol. The molecule has 1 spiro atoms. The maximum atomic E-state index is 12.0. The Bertz CT molecular complexity index is 480. The summed E-state index contributed by atoms with van der Waals surface area (Å²) in [5.41, 5.74) is -0.0756. The van der Waals surface area contributed by atoms with Gasteiger partial charge in [-0.05, 0) is 33.2 Å². The maximum absolute atomic E-state index is 12.0. The maximum Gasteiger partial charge on any atom is 0.213 e. The molecule has 0 aromatic carbocycles. The van der Waals surface area contributed by atoms with Crippen molar-refractivity contribution in [3.63, 3.8) is 0 Å². The smallest absolute Gasteiger partial charge is 0.213 e. The van der Waals surface area contributed by atoms with Crippen molar-refractivity contribution in [3.8, 4) is 0 Å². The van der Waals surface area contributed by atoms with Crippen molar-refractivity contribution in [2.75, 3.05) is 58.7 Å². The molecule has 3 aliphatic heterocycles. The second-order valence-electron chi connectivity index (χ2n) is 6.99. The van der Waals surface area contributed by atoms with Gasteiger partial charge in [0.2, 0.25) is 10.0 Å². The predicted molar refractivity (Wildman–Crippen MR) is 86.4 cm³/mol. The SMILES string of the molecule is CCS(=O)(=O)N1CCC2(CC1)CC(N1CCN(C)CC1)CO2. The minimum Gasteiger partial charge on any atom is -0.373 e. The van der Waals surface area contributed by atoms with Gasteiger partial charge in [-0.2, -0.15) is 0 Å². The Morgan fingerprint density at radius 2 is 1.73 bits per heavy atom. The van der Waals surface area contributed by atoms with Gasteiger partial charge in [-0.3, -0.25) is 4.90 Å². The fraction of sp³-hybridized carbons (Fsp3) is 1.00. The predicted octanol–water partition coefficient (Wildman–Crippen LogP) is 0.207. The summed E-state index contributed by atoms with van der Waals surface area (Å²) in [5, 5.41) is 0. The quantitative estimate of drug-likeness (QED) is 0.740. The van der Waals surface area contributed by atoms with E-state index < -0.39 is 10.0 Å². The fourth-order valence-corrected chi connectivity index (χ4v) is 5.05. The highest BCUT2D eigenvalue weighted by atomic mass is 32.2. The third kappa shape index (κ3) is 3.33. The molecular weight excluding hydrogens is 302 g/mol. The molecule has 3 aliphatic rings. The van der Waals surface area contributed by atoms with Gasteiger partial charge < -0.3 is 9.64 Å². The van der Waals surface area contributed by atoms with Gasteiger partial charge in [0, 0.05) is 45.3 Å². The number of hydrogen-bond acceptors (Lipinski definition) is 5. The highest BCUT2D eigenvalue weighted by molar-refractivity contribution is 7.89. The van der Waals surface area contributed by atoms with E-state index in [0.717, 1.165) is 52.0 Å². The van der Waals surface area contributed by atoms with E-state index in [1.165, 1.54) is 0 Å². The molecule has 6 nitrogen and oxygen atoms in total. The Morgan fingerprint density at radius 1 is 1.09 bits per heavy atom. The highest BCUT2D eigenvalue weighted by Gasteiger charge is 2.45. The molecule has 0 saturated carbocycles. The molecular formula is C15H29N3O3S. The van der Waals surface area contributed by atoms with Crippen LogP contribution in [0.5, 0.6) is 0 Å². The molecule has 0 N–H and O–H groups in total. The summed E-state index contributed by atoms with van der Waals surface area (Å²) in [5.74, 6) is 0.199. The first-order chi connectivity index (χ1) is 10.4. The summed E-state index contributed by atoms with van der Waals surface area (Å²) in [6.07, 6.45) is 2.75. The molecule has 22 heavy (non-hydrogen) atoms. The first kappa shape index (κ1) is 16.6. The molecule has 7 heteroatoms. The molecule has 0 aromatic rings. The van der Waals surface area contributed by atoms with Gasteiger partial charge in [0.25, 0.3) is 0 Å². The molecule has 0 amide bonds. The lowest BCUT2D eigenvalue weighted by Gasteiger charge is -2.39. The number of hydrogen-bond donors (Lipinski definition) is 0. The van der Waals surface area contributed by atoms with E-state index in [0.29, 0.717) is 19.1 Å². The summed E-state index contributed by atoms with van der Waals surface area (Å²) in [6.45, 7) is 8.27. The average molecular weight is 331 g/mol. The van der Waals surface area contributed by atoms with E-state index in [4.69, 9.17) is 4.74 Å². The van der Waals surface area contributed by atoms with E-state index in [1.807, 2.05) is 0 Å². The Morgan fingerprint density at radius 3 is 2.32 bits per heavy atom. The molecule has 0 aliphatic carbocycles. The summed E-state index contributed by atoms with van der Waals surface area (Å²) in [4.78, 5) is 4.93. The minimum atomic E-state index is -3.05. The molecule has 128 valence electrons. The van der Waals surface area contributed by atoms with Gasteiger partial charge in [-0.25, -0.2) is 12.7 Å². The van der Waals surface area contributed by atoms with Crippen molar-refractivity contribution < 1.29 is 13.2 Å². The van der Waals surface area contributed by atoms with Gasteiger partial charge in [0.15, 0.2) is 0 Å². The van der Waals surface area contributed by atoms with Crippen LogP contribution in [0.25, 0.3) is 0 Å². The lowest BCUT2D eigenvalue weighted by molar-refractivity contribution is -0.0319. The zero-order valence-corrected chi connectivity index (χ0v) is 14.6. The summed E-state index contributed by atoms with van der Waals surface area (Å²) < 4.78 is 31.8. The zero-order chi connectivity index (χ0) is 15.8. The fourth-order valence-electron chi connectivity index (χ4n) is 3.94. The first-order valence-electron chi connectivity index (χ1n) is 8.48. The lowest BCUT2D eigenvalue weighted by atomic mass is 9.88. The van der Waals surface area contributed by atoms with Crippen LogP contribution in [0.2, 0.25) is 0 Å². The summed E-state index contributed by atoms with van der Waals surface area (Å²) in [6, 6.07) is 0.517. The van der Waals surface area contributed by atoms with Crippen LogP contribution >= 0.6 is 0 Å². The number of ether oxygens (including phenoxy) is 1. The van der Waals surface area contributed by atoms with Gasteiger partial charge >= 0.3 is 0 Å². The number of piperazine rings is 1. The van der Waals surface area contributed by atoms with Crippen molar-refractivity contribution in [2.24, 2.45) is 0 Å². The molecule has 3 rings (SSSR count). The Labute approximate surface area is 134 Å². The molecule has 3 saturated heterocycles. The molecule has 1 atom stereocenters. The van der Waals surface area contributed by atoms with Crippen molar-refractivity contribution in [3.05, 3.63) is 0 Å². The number of likely N-dealkylation sites (N-methyl/N-ethyl adjacent to an activating group) is 1. The molecule has 3 heterocycles. The van der Waals surface area contributed by atoms with Crippen molar-refractivity contribution >= 4 is 10.0 Å². The molecule has 0 aromatic heterocycles. The van der Waals surface area contributed by atoms with Crippen LogP contribution in [0.15, 0.2) is 0 Å². The second kappa shape index (κ2) is 6.36. The van der Waals surface area contributed by atoms with Gasteiger partial charge in [0.05, 0.1) is 18.0 Å². The standard InChI is InChI=1S/C15H29N3O3S/c1-3-22(19,20)18-6-4-15(5-7-18)12-14(13-21-15)17-10-8-16(2)9-11-17/h14H,3-13H2,1-2H3. The van der Waals surface area contributed by atoms with Crippen LogP contribution in [0, 0.1) is 0 Å². The van der Waals surface area contributed by atoms with E-state index >= 15 is 0 Å². The van der Waals surface area contributed by atoms with Crippen LogP contribution < -0.4 is 0 Å². The molecule has 1 unspecified atom stereocenters. The Balaban J connectivity index is 1.55. The third-order valence-corrected chi connectivity index (χ3v) is 7.52. The van der Waals surface area contributed by atoms with Crippen molar-refractivity contribution in [1.29, 1.82) is 0 Å². The van der Waals surface area contributed by atoms with Gasteiger partial charge in [0.1, 0.15) is 0 Å². The van der Waals surface area contributed by atoms with Crippen molar-refractivity contribution in [2.45, 2.75) is 37.8 Å². The van der Waals surface area contributed by atoms with E-state index in [9.17, 15) is 8.42 Å². The topological polar surface area (TPSA) is 53.1 Å². The normalized spacial score (nSPS) is 31.8. The summed E-state index contributed by atoms with van der Waals surface area (Å²) >= 11 is 0. The lowest BCUT2D eigenvalue weighted by Crippen LogP contribution is -2.50. The van der Waals surface area contributed by atoms with Crippen molar-refractivity contribution in [1.82, 2.24) is 14.1 Å². The van der Waals surface area contributed by atoms with E-state index in [1.54, 1.807) is 11.2 Å². The van der Waals surface area contributed by atoms with Crippen LogP contribution in [0.4, 0.5) is 0 Å².